The lowest BCUT2D eigenvalue weighted by Gasteiger charge is -1.93. The zero-order valence-corrected chi connectivity index (χ0v) is 5.79. The molecule has 0 bridgehead atoms. The molecule has 1 aromatic rings. The molecule has 1 aliphatic rings. The molecule has 0 aromatic carbocycles. The normalized spacial score (nSPS) is 23.2. The van der Waals surface area contributed by atoms with E-state index in [-0.39, 0.29) is 0 Å². The van der Waals surface area contributed by atoms with E-state index in [1.54, 1.807) is 0 Å². The van der Waals surface area contributed by atoms with Crippen LogP contribution >= 0.6 is 0 Å². The Labute approximate surface area is 58.6 Å². The fraction of sp³-hybridized carbons (Fsp3) is 0.571. The molecule has 3 nitrogen and oxygen atoms in total. The summed E-state index contributed by atoms with van der Waals surface area (Å²) in [5.41, 5.74) is 2.03. The van der Waals surface area contributed by atoms with Crippen LogP contribution in [0.1, 0.15) is 29.5 Å². The molecule has 1 aromatic heterocycles. The van der Waals surface area contributed by atoms with E-state index in [1.807, 2.05) is 6.92 Å². The molecule has 10 heavy (non-hydrogen) atoms. The Morgan fingerprint density at radius 1 is 1.70 bits per heavy atom. The molecule has 0 saturated carbocycles. The van der Waals surface area contributed by atoms with Crippen molar-refractivity contribution in [2.45, 2.75) is 25.9 Å². The van der Waals surface area contributed by atoms with E-state index in [4.69, 9.17) is 4.52 Å². The van der Waals surface area contributed by atoms with Crippen molar-refractivity contribution in [1.29, 1.82) is 0 Å². The van der Waals surface area contributed by atoms with Crippen molar-refractivity contribution in [1.82, 2.24) is 5.16 Å². The van der Waals surface area contributed by atoms with Crippen molar-refractivity contribution < 1.29 is 9.63 Å². The lowest BCUT2D eigenvalue weighted by atomic mass is 10.2. The van der Waals surface area contributed by atoms with Crippen LogP contribution in [-0.2, 0) is 6.42 Å². The average molecular weight is 139 g/mol. The molecule has 0 aliphatic heterocycles. The Bertz CT molecular complexity index is 254. The minimum absolute atomic E-state index is 0.406. The molecular formula is C7H9NO2. The van der Waals surface area contributed by atoms with E-state index >= 15 is 0 Å². The lowest BCUT2D eigenvalue weighted by molar-refractivity contribution is 0.143. The number of aromatic nitrogens is 1. The minimum atomic E-state index is -0.406. The summed E-state index contributed by atoms with van der Waals surface area (Å²) in [5.74, 6) is 0.678. The van der Waals surface area contributed by atoms with Gasteiger partial charge in [-0.3, -0.25) is 0 Å². The van der Waals surface area contributed by atoms with Crippen molar-refractivity contribution in [2.75, 3.05) is 0 Å². The van der Waals surface area contributed by atoms with Crippen molar-refractivity contribution >= 4 is 0 Å². The Balaban J connectivity index is 2.53. The molecule has 0 fully saturated rings. The first kappa shape index (κ1) is 5.92. The summed E-state index contributed by atoms with van der Waals surface area (Å²) >= 11 is 0. The van der Waals surface area contributed by atoms with Crippen molar-refractivity contribution in [3.05, 3.63) is 17.0 Å². The number of aliphatic hydroxyl groups excluding tert-OH is 1. The van der Waals surface area contributed by atoms with Crippen LogP contribution in [0.5, 0.6) is 0 Å². The third-order valence-electron chi connectivity index (χ3n) is 1.99. The largest absolute Gasteiger partial charge is 0.385 e. The molecule has 54 valence electrons. The number of hydrogen-bond acceptors (Lipinski definition) is 3. The van der Waals surface area contributed by atoms with Crippen LogP contribution < -0.4 is 0 Å². The molecule has 1 N–H and O–H groups in total. The maximum Gasteiger partial charge on any atom is 0.168 e. The van der Waals surface area contributed by atoms with Crippen LogP contribution in [-0.4, -0.2) is 10.3 Å². The van der Waals surface area contributed by atoms with Crippen molar-refractivity contribution in [3.63, 3.8) is 0 Å². The predicted molar refractivity (Wildman–Crippen MR) is 34.5 cm³/mol. The van der Waals surface area contributed by atoms with Crippen LogP contribution in [0.2, 0.25) is 0 Å². The van der Waals surface area contributed by atoms with Gasteiger partial charge in [-0.15, -0.1) is 0 Å². The first-order valence-corrected chi connectivity index (χ1v) is 3.42. The van der Waals surface area contributed by atoms with Gasteiger partial charge in [0, 0.05) is 5.56 Å². The van der Waals surface area contributed by atoms with Gasteiger partial charge in [0.15, 0.2) is 5.76 Å². The lowest BCUT2D eigenvalue weighted by Crippen LogP contribution is -1.86. The molecule has 2 rings (SSSR count). The molecular weight excluding hydrogens is 130 g/mol. The third-order valence-corrected chi connectivity index (χ3v) is 1.99. The predicted octanol–water partition coefficient (Wildman–Crippen LogP) is 0.963. The first-order chi connectivity index (χ1) is 4.79. The van der Waals surface area contributed by atoms with Gasteiger partial charge in [-0.2, -0.15) is 0 Å². The van der Waals surface area contributed by atoms with E-state index in [9.17, 15) is 5.11 Å². The molecule has 1 atom stereocenters. The second kappa shape index (κ2) is 1.83. The van der Waals surface area contributed by atoms with E-state index < -0.39 is 6.10 Å². The van der Waals surface area contributed by atoms with Gasteiger partial charge in [-0.25, -0.2) is 0 Å². The van der Waals surface area contributed by atoms with Crippen molar-refractivity contribution in [2.24, 2.45) is 0 Å². The summed E-state index contributed by atoms with van der Waals surface area (Å²) < 4.78 is 4.92. The molecule has 3 heteroatoms. The maximum atomic E-state index is 9.26. The molecule has 0 radical (unpaired) electrons. The fourth-order valence-electron chi connectivity index (χ4n) is 1.38. The summed E-state index contributed by atoms with van der Waals surface area (Å²) in [6.45, 7) is 1.90. The van der Waals surface area contributed by atoms with Gasteiger partial charge in [0.2, 0.25) is 0 Å². The van der Waals surface area contributed by atoms with Gasteiger partial charge in [0.05, 0.1) is 5.69 Å². The summed E-state index contributed by atoms with van der Waals surface area (Å²) in [6.07, 6.45) is 1.29. The van der Waals surface area contributed by atoms with Crippen LogP contribution in [0.4, 0.5) is 0 Å². The average Bonchev–Trinajstić information content (AvgIpc) is 2.41. The first-order valence-electron chi connectivity index (χ1n) is 3.42. The topological polar surface area (TPSA) is 46.3 Å². The number of hydrogen-bond donors (Lipinski definition) is 1. The Kier molecular flexibility index (Phi) is 1.08. The number of nitrogens with zero attached hydrogens (tertiary/aromatic N) is 1. The summed E-state index contributed by atoms with van der Waals surface area (Å²) in [5, 5.41) is 13.0. The third kappa shape index (κ3) is 0.609. The molecule has 0 spiro atoms. The van der Waals surface area contributed by atoms with Crippen LogP contribution in [0, 0.1) is 6.92 Å². The van der Waals surface area contributed by atoms with E-state index in [1.165, 1.54) is 0 Å². The monoisotopic (exact) mass is 139 g/mol. The zero-order chi connectivity index (χ0) is 7.14. The highest BCUT2D eigenvalue weighted by atomic mass is 16.5. The van der Waals surface area contributed by atoms with Gasteiger partial charge in [0.25, 0.3) is 0 Å². The fourth-order valence-corrected chi connectivity index (χ4v) is 1.38. The zero-order valence-electron chi connectivity index (χ0n) is 5.79. The highest BCUT2D eigenvalue weighted by molar-refractivity contribution is 5.27. The Morgan fingerprint density at radius 2 is 2.50 bits per heavy atom. The van der Waals surface area contributed by atoms with E-state index in [2.05, 4.69) is 5.16 Å². The highest BCUT2D eigenvalue weighted by Gasteiger charge is 2.26. The number of aryl methyl sites for hydroxylation is 1. The summed E-state index contributed by atoms with van der Waals surface area (Å²) in [4.78, 5) is 0. The SMILES string of the molecule is Cc1noc2c1CCC2O. The second-order valence-electron chi connectivity index (χ2n) is 2.67. The van der Waals surface area contributed by atoms with Gasteiger partial charge >= 0.3 is 0 Å². The Hall–Kier alpha value is -0.830. The Morgan fingerprint density at radius 3 is 3.20 bits per heavy atom. The number of rotatable bonds is 0. The smallest absolute Gasteiger partial charge is 0.168 e. The molecule has 1 heterocycles. The number of fused-ring (bicyclic) bond motifs is 1. The molecule has 1 unspecified atom stereocenters. The van der Waals surface area contributed by atoms with Crippen molar-refractivity contribution in [3.8, 4) is 0 Å². The molecule has 0 amide bonds. The minimum Gasteiger partial charge on any atom is -0.385 e. The molecule has 0 saturated heterocycles. The van der Waals surface area contributed by atoms with E-state index in [0.717, 1.165) is 24.1 Å². The summed E-state index contributed by atoms with van der Waals surface area (Å²) in [7, 11) is 0. The number of aliphatic hydroxyl groups is 1. The quantitative estimate of drug-likeness (QED) is 0.582. The van der Waals surface area contributed by atoms with Gasteiger partial charge in [0.1, 0.15) is 6.10 Å². The van der Waals surface area contributed by atoms with E-state index in [0.29, 0.717) is 5.76 Å². The summed E-state index contributed by atoms with van der Waals surface area (Å²) in [6, 6.07) is 0. The maximum absolute atomic E-state index is 9.26. The highest BCUT2D eigenvalue weighted by Crippen LogP contribution is 2.32. The van der Waals surface area contributed by atoms with Crippen LogP contribution in [0.3, 0.4) is 0 Å². The second-order valence-corrected chi connectivity index (χ2v) is 2.67. The van der Waals surface area contributed by atoms with Gasteiger partial charge < -0.3 is 9.63 Å². The van der Waals surface area contributed by atoms with Crippen LogP contribution in [0.15, 0.2) is 4.52 Å². The van der Waals surface area contributed by atoms with Gasteiger partial charge in [-0.1, -0.05) is 5.16 Å². The molecule has 1 aliphatic carbocycles. The van der Waals surface area contributed by atoms with Crippen LogP contribution in [0.25, 0.3) is 0 Å². The van der Waals surface area contributed by atoms with Gasteiger partial charge in [-0.05, 0) is 19.8 Å². The standard InChI is InChI=1S/C7H9NO2/c1-4-5-2-3-6(9)7(5)10-8-4/h6,9H,2-3H2,1H3.